The maximum Gasteiger partial charge on any atom is 0.220 e. The summed E-state index contributed by atoms with van der Waals surface area (Å²) in [6, 6.07) is 10.4. The highest BCUT2D eigenvalue weighted by atomic mass is 32.2. The van der Waals surface area contributed by atoms with Gasteiger partial charge in [-0.1, -0.05) is 55.8 Å². The molecule has 1 aliphatic heterocycles. The maximum atomic E-state index is 12.8. The SMILES string of the molecule is CCCCN1CC[C@H]2C[C@H](c3ccccc3)C=C[C@@H]2S1(=O)=O. The lowest BCUT2D eigenvalue weighted by Crippen LogP contribution is -2.49. The van der Waals surface area contributed by atoms with Crippen molar-refractivity contribution >= 4 is 10.0 Å². The molecule has 0 N–H and O–H groups in total. The van der Waals surface area contributed by atoms with E-state index in [4.69, 9.17) is 0 Å². The molecule has 1 fully saturated rings. The number of benzene rings is 1. The summed E-state index contributed by atoms with van der Waals surface area (Å²) in [7, 11) is -3.16. The molecule has 0 spiro atoms. The van der Waals surface area contributed by atoms with Crippen LogP contribution in [0.2, 0.25) is 0 Å². The third-order valence-corrected chi connectivity index (χ3v) is 7.31. The van der Waals surface area contributed by atoms with Crippen molar-refractivity contribution in [3.05, 3.63) is 48.0 Å². The van der Waals surface area contributed by atoms with E-state index in [1.54, 1.807) is 4.31 Å². The van der Waals surface area contributed by atoms with Crippen LogP contribution >= 0.6 is 0 Å². The maximum absolute atomic E-state index is 12.8. The summed E-state index contributed by atoms with van der Waals surface area (Å²) in [5, 5.41) is -0.307. The van der Waals surface area contributed by atoms with Crippen molar-refractivity contribution in [3.8, 4) is 0 Å². The zero-order valence-electron chi connectivity index (χ0n) is 13.2. The molecule has 22 heavy (non-hydrogen) atoms. The van der Waals surface area contributed by atoms with Crippen LogP contribution in [0.3, 0.4) is 0 Å². The molecule has 1 aliphatic carbocycles. The van der Waals surface area contributed by atoms with Crippen LogP contribution in [0.1, 0.15) is 44.1 Å². The fourth-order valence-corrected chi connectivity index (χ4v) is 5.80. The molecule has 0 amide bonds. The van der Waals surface area contributed by atoms with Gasteiger partial charge in [-0.15, -0.1) is 0 Å². The minimum absolute atomic E-state index is 0.262. The van der Waals surface area contributed by atoms with Crippen molar-refractivity contribution in [2.75, 3.05) is 13.1 Å². The van der Waals surface area contributed by atoms with Gasteiger partial charge in [0.2, 0.25) is 10.0 Å². The lowest BCUT2D eigenvalue weighted by molar-refractivity contribution is 0.297. The molecule has 120 valence electrons. The zero-order valence-corrected chi connectivity index (χ0v) is 14.0. The standard InChI is InChI=1S/C18H25NO2S/c1-2-3-12-19-13-11-17-14-16(15-7-5-4-6-8-15)9-10-18(17)22(19,20)21/h4-10,16-18H,2-3,11-14H2,1H3/t16-,17+,18+/m1/s1. The first kappa shape index (κ1) is 15.8. The number of rotatable bonds is 4. The molecule has 3 rings (SSSR count). The molecular weight excluding hydrogens is 294 g/mol. The lowest BCUT2D eigenvalue weighted by atomic mass is 9.81. The van der Waals surface area contributed by atoms with Crippen LogP contribution in [0.15, 0.2) is 42.5 Å². The number of hydrogen-bond donors (Lipinski definition) is 0. The molecule has 0 aromatic heterocycles. The smallest absolute Gasteiger partial charge is 0.212 e. The number of hydrogen-bond acceptors (Lipinski definition) is 2. The summed E-state index contributed by atoms with van der Waals surface area (Å²) in [6.45, 7) is 3.47. The van der Waals surface area contributed by atoms with E-state index >= 15 is 0 Å². The van der Waals surface area contributed by atoms with Crippen molar-refractivity contribution < 1.29 is 8.42 Å². The van der Waals surface area contributed by atoms with Gasteiger partial charge in [0.15, 0.2) is 0 Å². The Labute approximate surface area is 134 Å². The molecule has 0 saturated carbocycles. The van der Waals surface area contributed by atoms with Crippen molar-refractivity contribution in [1.29, 1.82) is 0 Å². The van der Waals surface area contributed by atoms with Gasteiger partial charge >= 0.3 is 0 Å². The van der Waals surface area contributed by atoms with Crippen LogP contribution in [0, 0.1) is 5.92 Å². The summed E-state index contributed by atoms with van der Waals surface area (Å²) < 4.78 is 27.3. The number of nitrogens with zero attached hydrogens (tertiary/aromatic N) is 1. The van der Waals surface area contributed by atoms with Gasteiger partial charge in [0.25, 0.3) is 0 Å². The van der Waals surface area contributed by atoms with Crippen LogP contribution < -0.4 is 0 Å². The normalized spacial score (nSPS) is 30.9. The first-order valence-electron chi connectivity index (χ1n) is 8.35. The molecular formula is C18H25NO2S. The Balaban J connectivity index is 1.79. The minimum Gasteiger partial charge on any atom is -0.212 e. The molecule has 1 aromatic carbocycles. The average molecular weight is 319 g/mol. The molecule has 2 aliphatic rings. The Morgan fingerprint density at radius 1 is 1.18 bits per heavy atom. The van der Waals surface area contributed by atoms with Crippen molar-refractivity contribution in [2.24, 2.45) is 5.92 Å². The first-order chi connectivity index (χ1) is 10.6. The van der Waals surface area contributed by atoms with E-state index in [9.17, 15) is 8.42 Å². The summed E-state index contributed by atoms with van der Waals surface area (Å²) in [6.07, 6.45) is 7.99. The molecule has 1 saturated heterocycles. The highest BCUT2D eigenvalue weighted by Crippen LogP contribution is 2.39. The third kappa shape index (κ3) is 2.99. The molecule has 0 bridgehead atoms. The predicted octanol–water partition coefficient (Wildman–Crippen LogP) is 3.55. The number of unbranched alkanes of at least 4 members (excludes halogenated alkanes) is 1. The summed E-state index contributed by atoms with van der Waals surface area (Å²) in [4.78, 5) is 0. The molecule has 1 aromatic rings. The second kappa shape index (κ2) is 6.55. The van der Waals surface area contributed by atoms with Crippen LogP contribution in [0.5, 0.6) is 0 Å². The largest absolute Gasteiger partial charge is 0.220 e. The van der Waals surface area contributed by atoms with Gasteiger partial charge in [-0.25, -0.2) is 12.7 Å². The minimum atomic E-state index is -3.16. The van der Waals surface area contributed by atoms with E-state index in [2.05, 4.69) is 37.3 Å². The first-order valence-corrected chi connectivity index (χ1v) is 9.85. The van der Waals surface area contributed by atoms with E-state index < -0.39 is 10.0 Å². The molecule has 4 heteroatoms. The van der Waals surface area contributed by atoms with E-state index in [1.807, 2.05) is 12.1 Å². The van der Waals surface area contributed by atoms with E-state index in [1.165, 1.54) is 5.56 Å². The molecule has 0 unspecified atom stereocenters. The van der Waals surface area contributed by atoms with Crippen molar-refractivity contribution in [1.82, 2.24) is 4.31 Å². The molecule has 3 atom stereocenters. The Morgan fingerprint density at radius 2 is 1.95 bits per heavy atom. The van der Waals surface area contributed by atoms with Crippen LogP contribution in [0.4, 0.5) is 0 Å². The van der Waals surface area contributed by atoms with Gasteiger partial charge in [0.05, 0.1) is 5.25 Å². The van der Waals surface area contributed by atoms with Gasteiger partial charge in [-0.3, -0.25) is 0 Å². The Hall–Kier alpha value is -1.13. The number of fused-ring (bicyclic) bond motifs is 1. The highest BCUT2D eigenvalue weighted by Gasteiger charge is 2.42. The summed E-state index contributed by atoms with van der Waals surface area (Å²) in [5.41, 5.74) is 1.29. The Morgan fingerprint density at radius 3 is 2.68 bits per heavy atom. The highest BCUT2D eigenvalue weighted by molar-refractivity contribution is 7.90. The van der Waals surface area contributed by atoms with E-state index in [-0.39, 0.29) is 11.2 Å². The fourth-order valence-electron chi connectivity index (χ4n) is 3.69. The van der Waals surface area contributed by atoms with Gasteiger partial charge in [0.1, 0.15) is 0 Å². The Kier molecular flexibility index (Phi) is 4.69. The fraction of sp³-hybridized carbons (Fsp3) is 0.556. The number of sulfonamides is 1. The topological polar surface area (TPSA) is 37.4 Å². The van der Waals surface area contributed by atoms with E-state index in [0.29, 0.717) is 19.0 Å². The van der Waals surface area contributed by atoms with E-state index in [0.717, 1.165) is 25.7 Å². The van der Waals surface area contributed by atoms with Crippen molar-refractivity contribution in [3.63, 3.8) is 0 Å². The number of allylic oxidation sites excluding steroid dienone is 1. The zero-order chi connectivity index (χ0) is 15.6. The van der Waals surface area contributed by atoms with Gasteiger partial charge in [-0.2, -0.15) is 0 Å². The van der Waals surface area contributed by atoms with Crippen LogP contribution in [-0.2, 0) is 10.0 Å². The lowest BCUT2D eigenvalue weighted by Gasteiger charge is -2.40. The van der Waals surface area contributed by atoms with Crippen LogP contribution in [0.25, 0.3) is 0 Å². The van der Waals surface area contributed by atoms with Crippen LogP contribution in [-0.4, -0.2) is 31.1 Å². The second-order valence-corrected chi connectivity index (χ2v) is 8.54. The second-order valence-electron chi connectivity index (χ2n) is 6.45. The third-order valence-electron chi connectivity index (χ3n) is 5.00. The van der Waals surface area contributed by atoms with Gasteiger partial charge in [0, 0.05) is 19.0 Å². The molecule has 1 heterocycles. The summed E-state index contributed by atoms with van der Waals surface area (Å²) >= 11 is 0. The average Bonchev–Trinajstić information content (AvgIpc) is 2.54. The predicted molar refractivity (Wildman–Crippen MR) is 90.2 cm³/mol. The molecule has 3 nitrogen and oxygen atoms in total. The summed E-state index contributed by atoms with van der Waals surface area (Å²) in [5.74, 6) is 0.623. The van der Waals surface area contributed by atoms with Crippen molar-refractivity contribution in [2.45, 2.75) is 43.8 Å². The Bertz CT molecular complexity index is 624. The molecule has 0 radical (unpaired) electrons. The van der Waals surface area contributed by atoms with Gasteiger partial charge in [-0.05, 0) is 30.7 Å². The van der Waals surface area contributed by atoms with Gasteiger partial charge < -0.3 is 0 Å². The monoisotopic (exact) mass is 319 g/mol. The quantitative estimate of drug-likeness (QED) is 0.796.